The summed E-state index contributed by atoms with van der Waals surface area (Å²) in [6, 6.07) is 0. The van der Waals surface area contributed by atoms with Gasteiger partial charge in [0.15, 0.2) is 0 Å². The van der Waals surface area contributed by atoms with Crippen molar-refractivity contribution in [1.82, 2.24) is 0 Å². The lowest BCUT2D eigenvalue weighted by atomic mass is 11.8. The lowest BCUT2D eigenvalue weighted by molar-refractivity contribution is 0.491. The molecule has 0 saturated heterocycles. The molecular formula is C3H9O3PS3. The fraction of sp³-hybridized carbons (Fsp3) is 1.00. The van der Waals surface area contributed by atoms with Gasteiger partial charge in [0, 0.05) is 0 Å². The first kappa shape index (κ1) is 11.2. The molecule has 10 heavy (non-hydrogen) atoms. The Balaban J connectivity index is 3.83. The summed E-state index contributed by atoms with van der Waals surface area (Å²) < 4.78 is 18.4. The summed E-state index contributed by atoms with van der Waals surface area (Å²) in [4.78, 5) is 0. The highest BCUT2D eigenvalue weighted by Gasteiger charge is 2.23. The minimum atomic E-state index is -2.39. The molecule has 3 nitrogen and oxygen atoms in total. The van der Waals surface area contributed by atoms with E-state index in [0.717, 1.165) is 23.3 Å². The van der Waals surface area contributed by atoms with Crippen molar-refractivity contribution in [3.8, 4) is 0 Å². The van der Waals surface area contributed by atoms with Crippen LogP contribution in [0.5, 0.6) is 0 Å². The summed E-state index contributed by atoms with van der Waals surface area (Å²) in [6.45, 7) is 0. The predicted molar refractivity (Wildman–Crippen MR) is 50.3 cm³/mol. The minimum absolute atomic E-state index is 0.960. The predicted octanol–water partition coefficient (Wildman–Crippen LogP) is 3.05. The van der Waals surface area contributed by atoms with E-state index in [4.69, 9.17) is 0 Å². The Morgan fingerprint density at radius 3 is 1.80 bits per heavy atom. The molecule has 0 atom stereocenters. The van der Waals surface area contributed by atoms with Crippen molar-refractivity contribution in [2.45, 2.75) is 0 Å². The van der Waals surface area contributed by atoms with E-state index in [-0.39, 0.29) is 0 Å². The van der Waals surface area contributed by atoms with E-state index in [1.807, 2.05) is 0 Å². The van der Waals surface area contributed by atoms with Crippen molar-refractivity contribution >= 4 is 39.5 Å². The van der Waals surface area contributed by atoms with Crippen LogP contribution in [0.4, 0.5) is 0 Å². The highest BCUT2D eigenvalue weighted by molar-refractivity contribution is 9.13. The van der Waals surface area contributed by atoms with Crippen molar-refractivity contribution in [3.63, 3.8) is 0 Å². The molecule has 0 aliphatic carbocycles. The summed E-state index contributed by atoms with van der Waals surface area (Å²) in [7, 11) is 2.98. The zero-order valence-corrected chi connectivity index (χ0v) is 9.24. The Morgan fingerprint density at radius 2 is 1.60 bits per heavy atom. The second-order valence-corrected chi connectivity index (χ2v) is 12.0. The molecule has 0 amide bonds. The Morgan fingerprint density at radius 1 is 1.20 bits per heavy atom. The topological polar surface area (TPSA) is 35.5 Å². The highest BCUT2D eigenvalue weighted by atomic mass is 33.4. The van der Waals surface area contributed by atoms with Crippen molar-refractivity contribution in [1.29, 1.82) is 0 Å². The van der Waals surface area contributed by atoms with Gasteiger partial charge in [0.2, 0.25) is 0 Å². The monoisotopic (exact) mass is 220 g/mol. The van der Waals surface area contributed by atoms with Crippen LogP contribution in [0.25, 0.3) is 0 Å². The molecule has 0 rings (SSSR count). The van der Waals surface area contributed by atoms with E-state index in [9.17, 15) is 4.57 Å². The maximum atomic E-state index is 11.4. The first-order chi connectivity index (χ1) is 4.68. The molecule has 7 heteroatoms. The standard InChI is InChI=1S/C3H9O3PS3/c1-5-9-7(4,8-3)10-6-2/h1-3H3. The van der Waals surface area contributed by atoms with Crippen LogP contribution in [-0.4, -0.2) is 20.5 Å². The van der Waals surface area contributed by atoms with Gasteiger partial charge in [0.25, 0.3) is 4.75 Å². The summed E-state index contributed by atoms with van der Waals surface area (Å²) in [5, 5.41) is 0. The molecule has 0 aromatic carbocycles. The number of hydrogen-bond donors (Lipinski definition) is 0. The molecule has 0 aliphatic rings. The first-order valence-electron chi connectivity index (χ1n) is 2.29. The molecule has 0 unspecified atom stereocenters. The minimum Gasteiger partial charge on any atom is -0.311 e. The smallest absolute Gasteiger partial charge is 0.294 e. The van der Waals surface area contributed by atoms with Gasteiger partial charge in [-0.05, 0) is 6.26 Å². The maximum absolute atomic E-state index is 11.4. The molecule has 0 saturated carbocycles. The van der Waals surface area contributed by atoms with Crippen LogP contribution in [0.2, 0.25) is 0 Å². The lowest BCUT2D eigenvalue weighted by Gasteiger charge is -2.08. The molecule has 0 spiro atoms. The maximum Gasteiger partial charge on any atom is 0.294 e. The van der Waals surface area contributed by atoms with Crippen LogP contribution >= 0.6 is 39.5 Å². The first-order valence-corrected chi connectivity index (χ1v) is 8.52. The summed E-state index contributed by atoms with van der Waals surface area (Å²) >= 11 is 3.17. The van der Waals surface area contributed by atoms with Gasteiger partial charge >= 0.3 is 0 Å². The van der Waals surface area contributed by atoms with Crippen LogP contribution in [0.3, 0.4) is 0 Å². The van der Waals surface area contributed by atoms with Gasteiger partial charge in [-0.15, -0.1) is 0 Å². The van der Waals surface area contributed by atoms with E-state index >= 15 is 0 Å². The van der Waals surface area contributed by atoms with Crippen LogP contribution in [0, 0.1) is 0 Å². The zero-order valence-electron chi connectivity index (χ0n) is 5.90. The third-order valence-electron chi connectivity index (χ3n) is 0.555. The number of hydrogen-bond acceptors (Lipinski definition) is 6. The molecule has 62 valence electrons. The van der Waals surface area contributed by atoms with Crippen LogP contribution in [0.1, 0.15) is 0 Å². The van der Waals surface area contributed by atoms with Crippen molar-refractivity contribution < 1.29 is 12.9 Å². The molecule has 0 bridgehead atoms. The van der Waals surface area contributed by atoms with Crippen molar-refractivity contribution in [2.75, 3.05) is 20.5 Å². The van der Waals surface area contributed by atoms with E-state index in [1.54, 1.807) is 6.26 Å². The fourth-order valence-corrected chi connectivity index (χ4v) is 5.81. The van der Waals surface area contributed by atoms with Crippen LogP contribution in [0.15, 0.2) is 0 Å². The average molecular weight is 220 g/mol. The SMILES string of the molecule is COSP(=O)(SC)SOC. The molecule has 0 aromatic heterocycles. The molecule has 0 heterocycles. The van der Waals surface area contributed by atoms with Crippen LogP contribution in [-0.2, 0) is 12.9 Å². The molecule has 0 fully saturated rings. The van der Waals surface area contributed by atoms with E-state index in [1.165, 1.54) is 25.6 Å². The van der Waals surface area contributed by atoms with E-state index in [2.05, 4.69) is 8.37 Å². The van der Waals surface area contributed by atoms with Gasteiger partial charge in [0.1, 0.15) is 0 Å². The van der Waals surface area contributed by atoms with E-state index in [0.29, 0.717) is 0 Å². The normalized spacial score (nSPS) is 11.9. The third-order valence-corrected chi connectivity index (χ3v) is 9.87. The fourth-order valence-electron chi connectivity index (χ4n) is 0.256. The van der Waals surface area contributed by atoms with Gasteiger partial charge in [-0.1, -0.05) is 11.4 Å². The molecule has 0 N–H and O–H groups in total. The number of rotatable bonds is 5. The Kier molecular flexibility index (Phi) is 6.50. The quantitative estimate of drug-likeness (QED) is 0.523. The second-order valence-electron chi connectivity index (χ2n) is 1.11. The van der Waals surface area contributed by atoms with Crippen molar-refractivity contribution in [3.05, 3.63) is 0 Å². The molecule has 0 aromatic rings. The van der Waals surface area contributed by atoms with Gasteiger partial charge in [-0.25, -0.2) is 0 Å². The Hall–Kier alpha value is 1.20. The summed E-state index contributed by atoms with van der Waals surface area (Å²) in [5.41, 5.74) is 0. The van der Waals surface area contributed by atoms with Crippen LogP contribution < -0.4 is 0 Å². The van der Waals surface area contributed by atoms with Gasteiger partial charge in [-0.2, -0.15) is 0 Å². The molecule has 0 aliphatic heterocycles. The molecular weight excluding hydrogens is 211 g/mol. The van der Waals surface area contributed by atoms with Gasteiger partial charge in [-0.3, -0.25) is 4.57 Å². The molecule has 0 radical (unpaired) electrons. The Labute approximate surface area is 73.0 Å². The van der Waals surface area contributed by atoms with Gasteiger partial charge in [0.05, 0.1) is 37.5 Å². The van der Waals surface area contributed by atoms with E-state index < -0.39 is 4.75 Å². The van der Waals surface area contributed by atoms with Crippen molar-refractivity contribution in [2.24, 2.45) is 0 Å². The average Bonchev–Trinajstić information content (AvgIpc) is 1.89. The lowest BCUT2D eigenvalue weighted by Crippen LogP contribution is -1.67. The largest absolute Gasteiger partial charge is 0.311 e. The zero-order chi connectivity index (χ0) is 8.04. The highest BCUT2D eigenvalue weighted by Crippen LogP contribution is 2.77. The second kappa shape index (κ2) is 5.80. The summed E-state index contributed by atoms with van der Waals surface area (Å²) in [6.07, 6.45) is 1.76. The summed E-state index contributed by atoms with van der Waals surface area (Å²) in [5.74, 6) is 0. The third kappa shape index (κ3) is 4.16. The van der Waals surface area contributed by atoms with Gasteiger partial charge < -0.3 is 8.37 Å². The Bertz CT molecular complexity index is 120.